The van der Waals surface area contributed by atoms with Gasteiger partial charge in [-0.05, 0) is 41.6 Å². The molecule has 136 valence electrons. The predicted molar refractivity (Wildman–Crippen MR) is 105 cm³/mol. The number of benzene rings is 3. The topological polar surface area (TPSA) is 54.3 Å². The van der Waals surface area contributed by atoms with Crippen molar-refractivity contribution in [3.63, 3.8) is 0 Å². The molecule has 0 amide bonds. The number of aromatic carboxylic acids is 1. The van der Waals surface area contributed by atoms with Crippen molar-refractivity contribution in [3.8, 4) is 0 Å². The van der Waals surface area contributed by atoms with Crippen molar-refractivity contribution in [3.05, 3.63) is 83.3 Å². The molecule has 0 saturated carbocycles. The van der Waals surface area contributed by atoms with Gasteiger partial charge >= 0.3 is 5.97 Å². The van der Waals surface area contributed by atoms with Crippen LogP contribution in [0.1, 0.15) is 21.6 Å². The van der Waals surface area contributed by atoms with Crippen LogP contribution in [0.2, 0.25) is 0 Å². The molecule has 0 aliphatic carbocycles. The Labute approximate surface area is 155 Å². The van der Waals surface area contributed by atoms with E-state index in [0.29, 0.717) is 13.1 Å². The number of halogens is 1. The summed E-state index contributed by atoms with van der Waals surface area (Å²) in [7, 11) is 1.80. The standard InChI is InChI=1S/C22H19FN2O2/c1-24-12-19-17-7-2-3-8-20(17)25(21(19)22(26)27)13-15-6-4-5-14-9-10-16(23)11-18(14)15/h2-11,24H,12-13H2,1H3,(H,26,27). The molecule has 27 heavy (non-hydrogen) atoms. The maximum Gasteiger partial charge on any atom is 0.352 e. The Kier molecular flexibility index (Phi) is 4.38. The second-order valence-corrected chi connectivity index (χ2v) is 6.55. The summed E-state index contributed by atoms with van der Waals surface area (Å²) in [6.07, 6.45) is 0. The predicted octanol–water partition coefficient (Wildman–Crippen LogP) is 4.40. The van der Waals surface area contributed by atoms with Crippen molar-refractivity contribution in [1.29, 1.82) is 0 Å². The van der Waals surface area contributed by atoms with E-state index < -0.39 is 5.97 Å². The van der Waals surface area contributed by atoms with E-state index in [1.54, 1.807) is 13.1 Å². The molecule has 0 aliphatic rings. The maximum absolute atomic E-state index is 13.8. The van der Waals surface area contributed by atoms with Crippen LogP contribution in [0, 0.1) is 5.82 Å². The lowest BCUT2D eigenvalue weighted by Crippen LogP contribution is -2.14. The normalized spacial score (nSPS) is 11.3. The third kappa shape index (κ3) is 2.96. The van der Waals surface area contributed by atoms with Gasteiger partial charge in [-0.3, -0.25) is 0 Å². The average Bonchev–Trinajstić information content (AvgIpc) is 2.96. The average molecular weight is 362 g/mol. The highest BCUT2D eigenvalue weighted by Crippen LogP contribution is 2.29. The maximum atomic E-state index is 13.8. The summed E-state index contributed by atoms with van der Waals surface area (Å²) in [5.74, 6) is -1.27. The molecule has 0 fully saturated rings. The number of carbonyl (C=O) groups is 1. The molecule has 0 atom stereocenters. The van der Waals surface area contributed by atoms with Gasteiger partial charge in [-0.1, -0.05) is 42.5 Å². The van der Waals surface area contributed by atoms with E-state index in [1.807, 2.05) is 47.0 Å². The lowest BCUT2D eigenvalue weighted by molar-refractivity contribution is 0.0685. The number of hydrogen-bond acceptors (Lipinski definition) is 2. The summed E-state index contributed by atoms with van der Waals surface area (Å²) >= 11 is 0. The summed E-state index contributed by atoms with van der Waals surface area (Å²) in [6.45, 7) is 0.811. The molecule has 3 aromatic carbocycles. The Hall–Kier alpha value is -3.18. The number of carboxylic acid groups (broad SMARTS) is 1. The monoisotopic (exact) mass is 362 g/mol. The fourth-order valence-electron chi connectivity index (χ4n) is 3.76. The van der Waals surface area contributed by atoms with Crippen LogP contribution in [0.4, 0.5) is 4.39 Å². The molecule has 2 N–H and O–H groups in total. The molecule has 0 radical (unpaired) electrons. The Balaban J connectivity index is 1.96. The molecular formula is C22H19FN2O2. The molecule has 0 bridgehead atoms. The van der Waals surface area contributed by atoms with Gasteiger partial charge in [-0.15, -0.1) is 0 Å². The fraction of sp³-hybridized carbons (Fsp3) is 0.136. The summed E-state index contributed by atoms with van der Waals surface area (Å²) in [5, 5.41) is 15.6. The molecule has 4 rings (SSSR count). The number of nitrogens with zero attached hydrogens (tertiary/aromatic N) is 1. The van der Waals surface area contributed by atoms with E-state index in [1.165, 1.54) is 12.1 Å². The lowest BCUT2D eigenvalue weighted by atomic mass is 10.0. The first-order chi connectivity index (χ1) is 13.1. The lowest BCUT2D eigenvalue weighted by Gasteiger charge is -2.12. The van der Waals surface area contributed by atoms with Crippen molar-refractivity contribution in [1.82, 2.24) is 9.88 Å². The number of rotatable bonds is 5. The molecule has 4 aromatic rings. The van der Waals surface area contributed by atoms with Crippen LogP contribution in [0.5, 0.6) is 0 Å². The molecule has 1 aromatic heterocycles. The van der Waals surface area contributed by atoms with Crippen molar-refractivity contribution < 1.29 is 14.3 Å². The third-order valence-corrected chi connectivity index (χ3v) is 4.89. The highest BCUT2D eigenvalue weighted by atomic mass is 19.1. The molecule has 1 heterocycles. The van der Waals surface area contributed by atoms with Crippen LogP contribution in [0.25, 0.3) is 21.7 Å². The minimum Gasteiger partial charge on any atom is -0.477 e. The minimum atomic E-state index is -0.970. The number of fused-ring (bicyclic) bond motifs is 2. The highest BCUT2D eigenvalue weighted by molar-refractivity contribution is 5.98. The van der Waals surface area contributed by atoms with Crippen LogP contribution in [-0.2, 0) is 13.1 Å². The molecule has 0 saturated heterocycles. The number of aromatic nitrogens is 1. The Morgan fingerprint density at radius 2 is 1.89 bits per heavy atom. The molecule has 0 aliphatic heterocycles. The van der Waals surface area contributed by atoms with Gasteiger partial charge in [0.2, 0.25) is 0 Å². The van der Waals surface area contributed by atoms with E-state index in [9.17, 15) is 14.3 Å². The van der Waals surface area contributed by atoms with E-state index in [0.717, 1.165) is 32.8 Å². The Bertz CT molecular complexity index is 1160. The second kappa shape index (κ2) is 6.85. The van der Waals surface area contributed by atoms with Crippen molar-refractivity contribution in [2.45, 2.75) is 13.1 Å². The van der Waals surface area contributed by atoms with Crippen LogP contribution in [0.15, 0.2) is 60.7 Å². The zero-order chi connectivity index (χ0) is 19.0. The third-order valence-electron chi connectivity index (χ3n) is 4.89. The van der Waals surface area contributed by atoms with Crippen LogP contribution < -0.4 is 5.32 Å². The van der Waals surface area contributed by atoms with E-state index >= 15 is 0 Å². The zero-order valence-electron chi connectivity index (χ0n) is 14.9. The Morgan fingerprint density at radius 3 is 2.67 bits per heavy atom. The van der Waals surface area contributed by atoms with Crippen LogP contribution >= 0.6 is 0 Å². The van der Waals surface area contributed by atoms with Crippen LogP contribution in [-0.4, -0.2) is 22.7 Å². The van der Waals surface area contributed by atoms with Crippen molar-refractivity contribution in [2.24, 2.45) is 0 Å². The summed E-state index contributed by atoms with van der Waals surface area (Å²) < 4.78 is 15.6. The first-order valence-corrected chi connectivity index (χ1v) is 8.75. The van der Waals surface area contributed by atoms with Gasteiger partial charge in [-0.25, -0.2) is 9.18 Å². The fourth-order valence-corrected chi connectivity index (χ4v) is 3.76. The first-order valence-electron chi connectivity index (χ1n) is 8.75. The summed E-state index contributed by atoms with van der Waals surface area (Å²) in [4.78, 5) is 12.1. The quantitative estimate of drug-likeness (QED) is 0.553. The van der Waals surface area contributed by atoms with Gasteiger partial charge in [0.25, 0.3) is 0 Å². The van der Waals surface area contributed by atoms with Crippen molar-refractivity contribution >= 4 is 27.6 Å². The highest BCUT2D eigenvalue weighted by Gasteiger charge is 2.22. The summed E-state index contributed by atoms with van der Waals surface area (Å²) in [5.41, 5.74) is 2.76. The van der Waals surface area contributed by atoms with E-state index in [2.05, 4.69) is 5.32 Å². The Morgan fingerprint density at radius 1 is 1.07 bits per heavy atom. The van der Waals surface area contributed by atoms with E-state index in [-0.39, 0.29) is 11.5 Å². The second-order valence-electron chi connectivity index (χ2n) is 6.55. The zero-order valence-corrected chi connectivity index (χ0v) is 14.9. The largest absolute Gasteiger partial charge is 0.477 e. The number of hydrogen-bond donors (Lipinski definition) is 2. The van der Waals surface area contributed by atoms with Gasteiger partial charge in [0.15, 0.2) is 0 Å². The minimum absolute atomic E-state index is 0.263. The number of nitrogens with one attached hydrogen (secondary N) is 1. The molecular weight excluding hydrogens is 343 g/mol. The number of carboxylic acids is 1. The molecule has 4 nitrogen and oxygen atoms in total. The molecule has 5 heteroatoms. The summed E-state index contributed by atoms with van der Waals surface area (Å²) in [6, 6.07) is 18.1. The number of para-hydroxylation sites is 1. The van der Waals surface area contributed by atoms with Gasteiger partial charge < -0.3 is 15.0 Å². The van der Waals surface area contributed by atoms with Gasteiger partial charge in [0, 0.05) is 29.6 Å². The SMILES string of the molecule is CNCc1c(C(=O)O)n(Cc2cccc3ccc(F)cc23)c2ccccc12. The smallest absolute Gasteiger partial charge is 0.352 e. The van der Waals surface area contributed by atoms with Crippen LogP contribution in [0.3, 0.4) is 0 Å². The van der Waals surface area contributed by atoms with Crippen molar-refractivity contribution in [2.75, 3.05) is 7.05 Å². The molecule has 0 spiro atoms. The van der Waals surface area contributed by atoms with Gasteiger partial charge in [0.05, 0.1) is 0 Å². The first kappa shape index (κ1) is 17.2. The van der Waals surface area contributed by atoms with Gasteiger partial charge in [0.1, 0.15) is 11.5 Å². The molecule has 0 unspecified atom stereocenters. The van der Waals surface area contributed by atoms with Gasteiger partial charge in [-0.2, -0.15) is 0 Å². The van der Waals surface area contributed by atoms with E-state index in [4.69, 9.17) is 0 Å².